The molecular weight excluding hydrogens is 1140 g/mol. The topological polar surface area (TPSA) is 307 Å². The molecule has 17 unspecified atom stereocenters. The number of carbonyl (C=O) groups excluding carboxylic acids is 1. The Kier molecular flexibility index (Phi) is 44.9. The van der Waals surface area contributed by atoms with E-state index < -0.39 is 124 Å². The standard InChI is InChI=1S/C70H113NO18/c1-3-5-7-9-11-13-14-15-16-17-18-19-20-21-22-23-24-25-26-27-28-29-30-31-32-33-34-35-36-37-38-40-42-44-46-48-58(76)71-53(54(75)47-45-43-41-39-12-10-8-6-4-2)52-84-68-64(82)61(79)66(56(50-73)86-68)89-70-65(83)62(80)67(57(51-74)87-70)88-69-63(81)60(78)59(77)55(49-72)85-69/h4-7,11-13,15-16,18-19,21-22,24-25,27-28,30-31,39,45,47,53-57,59-70,72-75,77-83H,3,8-10,14,17,20,23,26,29,32-38,40-44,46,48-52H2,1-2H3,(H,71,76)/b6-4+,7-5-,13-11-,16-15-,19-18-,22-21-,25-24-,28-27-,31-30-,39-12+,47-45+. The minimum absolute atomic E-state index is 0.217. The van der Waals surface area contributed by atoms with Crippen molar-refractivity contribution in [2.24, 2.45) is 0 Å². The fourth-order valence-electron chi connectivity index (χ4n) is 10.2. The van der Waals surface area contributed by atoms with Crippen LogP contribution < -0.4 is 5.32 Å². The first-order valence-corrected chi connectivity index (χ1v) is 32.9. The Balaban J connectivity index is 1.35. The highest BCUT2D eigenvalue weighted by atomic mass is 16.8. The lowest BCUT2D eigenvalue weighted by Crippen LogP contribution is -2.66. The molecular formula is C70H113NO18. The smallest absolute Gasteiger partial charge is 0.220 e. The predicted molar refractivity (Wildman–Crippen MR) is 346 cm³/mol. The molecule has 17 atom stereocenters. The number of nitrogens with one attached hydrogen (secondary N) is 1. The quantitative estimate of drug-likeness (QED) is 0.0204. The first kappa shape index (κ1) is 79.2. The monoisotopic (exact) mass is 1260 g/mol. The van der Waals surface area contributed by atoms with Gasteiger partial charge in [0.15, 0.2) is 18.9 Å². The van der Waals surface area contributed by atoms with Crippen molar-refractivity contribution in [2.45, 2.75) is 272 Å². The zero-order chi connectivity index (χ0) is 64.7. The Hall–Kier alpha value is -4.07. The fourth-order valence-corrected chi connectivity index (χ4v) is 10.2. The summed E-state index contributed by atoms with van der Waals surface area (Å²) in [5.41, 5.74) is 0. The van der Waals surface area contributed by atoms with E-state index in [1.807, 2.05) is 13.0 Å². The van der Waals surface area contributed by atoms with E-state index in [1.165, 1.54) is 32.1 Å². The lowest BCUT2D eigenvalue weighted by molar-refractivity contribution is -0.379. The maximum atomic E-state index is 13.3. The van der Waals surface area contributed by atoms with E-state index in [0.29, 0.717) is 12.8 Å². The van der Waals surface area contributed by atoms with E-state index in [-0.39, 0.29) is 18.9 Å². The molecule has 3 aliphatic heterocycles. The van der Waals surface area contributed by atoms with Gasteiger partial charge in [-0.2, -0.15) is 0 Å². The summed E-state index contributed by atoms with van der Waals surface area (Å²) in [6.07, 6.45) is 43.4. The van der Waals surface area contributed by atoms with Crippen LogP contribution >= 0.6 is 0 Å². The second-order valence-electron chi connectivity index (χ2n) is 22.8. The highest BCUT2D eigenvalue weighted by Crippen LogP contribution is 2.33. The Morgan fingerprint density at radius 2 is 0.798 bits per heavy atom. The van der Waals surface area contributed by atoms with Crippen LogP contribution in [0, 0.1) is 0 Å². The van der Waals surface area contributed by atoms with Gasteiger partial charge in [-0.15, -0.1) is 0 Å². The third-order valence-electron chi connectivity index (χ3n) is 15.5. The summed E-state index contributed by atoms with van der Waals surface area (Å²) in [6, 6.07) is -1.01. The maximum Gasteiger partial charge on any atom is 0.220 e. The van der Waals surface area contributed by atoms with Crippen molar-refractivity contribution in [1.82, 2.24) is 5.32 Å². The van der Waals surface area contributed by atoms with Gasteiger partial charge in [-0.3, -0.25) is 4.79 Å². The molecule has 1 amide bonds. The Morgan fingerprint density at radius 3 is 1.26 bits per heavy atom. The van der Waals surface area contributed by atoms with E-state index >= 15 is 0 Å². The Bertz CT molecular complexity index is 2130. The molecule has 0 radical (unpaired) electrons. The minimum Gasteiger partial charge on any atom is -0.394 e. The second-order valence-corrected chi connectivity index (χ2v) is 22.8. The van der Waals surface area contributed by atoms with Crippen molar-refractivity contribution in [3.05, 3.63) is 134 Å². The molecule has 3 rings (SSSR count). The average Bonchev–Trinajstić information content (AvgIpc) is 1.06. The van der Waals surface area contributed by atoms with E-state index in [1.54, 1.807) is 12.2 Å². The van der Waals surface area contributed by atoms with Gasteiger partial charge >= 0.3 is 0 Å². The molecule has 3 aliphatic rings. The van der Waals surface area contributed by atoms with Crippen molar-refractivity contribution in [3.8, 4) is 0 Å². The molecule has 89 heavy (non-hydrogen) atoms. The number of aliphatic hydroxyl groups is 11. The molecule has 0 aliphatic carbocycles. The number of hydrogen-bond acceptors (Lipinski definition) is 18. The van der Waals surface area contributed by atoms with Crippen LogP contribution in [0.1, 0.15) is 168 Å². The van der Waals surface area contributed by atoms with Crippen molar-refractivity contribution in [2.75, 3.05) is 26.4 Å². The fraction of sp³-hybridized carbons (Fsp3) is 0.671. The number of hydrogen-bond donors (Lipinski definition) is 12. The van der Waals surface area contributed by atoms with Gasteiger partial charge in [-0.05, 0) is 103 Å². The van der Waals surface area contributed by atoms with E-state index in [4.69, 9.17) is 28.4 Å². The third-order valence-corrected chi connectivity index (χ3v) is 15.5. The van der Waals surface area contributed by atoms with Crippen LogP contribution in [0.15, 0.2) is 134 Å². The number of amides is 1. The highest BCUT2D eigenvalue weighted by molar-refractivity contribution is 5.76. The average molecular weight is 1260 g/mol. The van der Waals surface area contributed by atoms with Gasteiger partial charge < -0.3 is 89.9 Å². The van der Waals surface area contributed by atoms with Crippen molar-refractivity contribution < 1.29 is 89.4 Å². The summed E-state index contributed by atoms with van der Waals surface area (Å²) in [5, 5.41) is 120. The van der Waals surface area contributed by atoms with Crippen molar-refractivity contribution >= 4 is 5.91 Å². The van der Waals surface area contributed by atoms with Gasteiger partial charge in [0.05, 0.1) is 38.6 Å². The highest BCUT2D eigenvalue weighted by Gasteiger charge is 2.53. The molecule has 0 aromatic carbocycles. The van der Waals surface area contributed by atoms with Gasteiger partial charge in [0.1, 0.15) is 73.2 Å². The molecule has 0 bridgehead atoms. The number of allylic oxidation sites excluding steroid dienone is 21. The van der Waals surface area contributed by atoms with Crippen LogP contribution in [0.4, 0.5) is 0 Å². The van der Waals surface area contributed by atoms with Gasteiger partial charge in [0.25, 0.3) is 0 Å². The lowest BCUT2D eigenvalue weighted by atomic mass is 9.96. The zero-order valence-electron chi connectivity index (χ0n) is 53.1. The van der Waals surface area contributed by atoms with Crippen molar-refractivity contribution in [1.29, 1.82) is 0 Å². The number of carbonyl (C=O) groups is 1. The van der Waals surface area contributed by atoms with E-state index in [9.17, 15) is 61.0 Å². The number of rotatable bonds is 47. The summed E-state index contributed by atoms with van der Waals surface area (Å²) >= 11 is 0. The largest absolute Gasteiger partial charge is 0.394 e. The van der Waals surface area contributed by atoms with Crippen LogP contribution in [0.25, 0.3) is 0 Å². The molecule has 0 aromatic heterocycles. The van der Waals surface area contributed by atoms with Crippen molar-refractivity contribution in [3.63, 3.8) is 0 Å². The Labute approximate surface area is 530 Å². The number of aliphatic hydroxyl groups excluding tert-OH is 11. The molecule has 3 fully saturated rings. The molecule has 0 spiro atoms. The van der Waals surface area contributed by atoms with Gasteiger partial charge in [0.2, 0.25) is 5.91 Å². The molecule has 0 aromatic rings. The van der Waals surface area contributed by atoms with Crippen LogP contribution in [0.3, 0.4) is 0 Å². The van der Waals surface area contributed by atoms with E-state index in [0.717, 1.165) is 103 Å². The van der Waals surface area contributed by atoms with Crippen LogP contribution in [0.2, 0.25) is 0 Å². The molecule has 3 saturated heterocycles. The SMILES string of the molecule is C/C=C/CC/C=C/CC/C=C/C(O)C(COC1OC(CO)C(OC2OC(CO)C(OC3OC(CO)C(O)C(O)C3O)C(O)C2O)C(O)C1O)NC(=O)CCCCCCCCCCCC/C=C\C/C=C\C/C=C\C/C=C\C/C=C\C/C=C\C/C=C\C/C=C\CC. The zero-order valence-corrected chi connectivity index (χ0v) is 53.1. The van der Waals surface area contributed by atoms with Crippen LogP contribution in [0.5, 0.6) is 0 Å². The molecule has 12 N–H and O–H groups in total. The molecule has 506 valence electrons. The minimum atomic E-state index is -1.99. The number of unbranched alkanes of at least 4 members (excludes halogenated alkanes) is 12. The molecule has 19 nitrogen and oxygen atoms in total. The number of ether oxygens (including phenoxy) is 6. The van der Waals surface area contributed by atoms with Gasteiger partial charge in [0, 0.05) is 6.42 Å². The summed E-state index contributed by atoms with van der Waals surface area (Å²) < 4.78 is 34.2. The molecule has 3 heterocycles. The first-order valence-electron chi connectivity index (χ1n) is 32.9. The normalized spacial score (nSPS) is 29.1. The first-order chi connectivity index (χ1) is 43.3. The second kappa shape index (κ2) is 50.5. The maximum absolute atomic E-state index is 13.3. The molecule has 0 saturated carbocycles. The Morgan fingerprint density at radius 1 is 0.427 bits per heavy atom. The summed E-state index contributed by atoms with van der Waals surface area (Å²) in [6.45, 7) is 1.30. The summed E-state index contributed by atoms with van der Waals surface area (Å²) in [7, 11) is 0. The van der Waals surface area contributed by atoms with Crippen LogP contribution in [-0.2, 0) is 33.2 Å². The van der Waals surface area contributed by atoms with Gasteiger partial charge in [-0.25, -0.2) is 0 Å². The predicted octanol–water partition coefficient (Wildman–Crippen LogP) is 7.82. The molecule has 19 heteroatoms. The third kappa shape index (κ3) is 32.9. The van der Waals surface area contributed by atoms with Crippen LogP contribution in [-0.4, -0.2) is 193 Å². The summed E-state index contributed by atoms with van der Waals surface area (Å²) in [4.78, 5) is 13.3. The van der Waals surface area contributed by atoms with Gasteiger partial charge in [-0.1, -0.05) is 192 Å². The lowest BCUT2D eigenvalue weighted by Gasteiger charge is -2.48. The van der Waals surface area contributed by atoms with E-state index in [2.05, 4.69) is 128 Å². The summed E-state index contributed by atoms with van der Waals surface area (Å²) in [5.74, 6) is -0.305.